The molecule has 2 rings (SSSR count). The van der Waals surface area contributed by atoms with Crippen LogP contribution in [-0.2, 0) is 4.79 Å². The molecule has 2 N–H and O–H groups in total. The zero-order valence-corrected chi connectivity index (χ0v) is 14.3. The maximum Gasteiger partial charge on any atom is 0.471 e. The van der Waals surface area contributed by atoms with Crippen LogP contribution in [0.5, 0.6) is 0 Å². The van der Waals surface area contributed by atoms with Gasteiger partial charge in [-0.2, -0.15) is 13.2 Å². The first-order chi connectivity index (χ1) is 11.8. The Kier molecular flexibility index (Phi) is 5.89. The molecule has 2 aromatic carbocycles. The molecule has 0 radical (unpaired) electrons. The second kappa shape index (κ2) is 7.74. The molecule has 4 nitrogen and oxygen atoms in total. The number of carbonyl (C=O) groups is 1. The van der Waals surface area contributed by atoms with Gasteiger partial charge in [-0.05, 0) is 25.2 Å². The van der Waals surface area contributed by atoms with Crippen LogP contribution in [0.4, 0.5) is 24.5 Å². The molecule has 0 unspecified atom stereocenters. The highest BCUT2D eigenvalue weighted by atomic mass is 19.4. The van der Waals surface area contributed by atoms with Crippen LogP contribution in [0.25, 0.3) is 10.8 Å². The van der Waals surface area contributed by atoms with E-state index in [1.165, 1.54) is 12.1 Å². The number of amides is 1. The number of likely N-dealkylation sites (N-methyl/N-ethyl adjacent to an activating group) is 1. The first-order valence-electron chi connectivity index (χ1n) is 8.17. The average molecular weight is 353 g/mol. The second-order valence-corrected chi connectivity index (χ2v) is 5.70. The second-order valence-electron chi connectivity index (χ2n) is 5.70. The molecule has 0 aliphatic rings. The maximum absolute atomic E-state index is 13.1. The fourth-order valence-electron chi connectivity index (χ4n) is 2.81. The Labute approximate surface area is 145 Å². The van der Waals surface area contributed by atoms with Crippen molar-refractivity contribution in [3.63, 3.8) is 0 Å². The Morgan fingerprint density at radius 3 is 2.16 bits per heavy atom. The van der Waals surface area contributed by atoms with Crippen molar-refractivity contribution in [2.24, 2.45) is 0 Å². The Morgan fingerprint density at radius 1 is 1.00 bits per heavy atom. The van der Waals surface area contributed by atoms with E-state index < -0.39 is 12.1 Å². The zero-order chi connectivity index (χ0) is 18.6. The van der Waals surface area contributed by atoms with Gasteiger partial charge in [0.15, 0.2) is 0 Å². The minimum atomic E-state index is -4.94. The maximum atomic E-state index is 13.1. The molecular formula is C18H22F3N3O. The van der Waals surface area contributed by atoms with E-state index in [-0.39, 0.29) is 12.2 Å². The van der Waals surface area contributed by atoms with Gasteiger partial charge in [0.05, 0.1) is 5.69 Å². The third kappa shape index (κ3) is 4.22. The molecule has 25 heavy (non-hydrogen) atoms. The van der Waals surface area contributed by atoms with Gasteiger partial charge in [-0.15, -0.1) is 0 Å². The Bertz CT molecular complexity index is 742. The third-order valence-corrected chi connectivity index (χ3v) is 4.25. The van der Waals surface area contributed by atoms with Crippen LogP contribution in [0.3, 0.4) is 0 Å². The normalized spacial score (nSPS) is 11.9. The molecule has 0 saturated carbocycles. The van der Waals surface area contributed by atoms with Crippen molar-refractivity contribution in [1.29, 1.82) is 0 Å². The van der Waals surface area contributed by atoms with E-state index in [0.717, 1.165) is 4.90 Å². The lowest BCUT2D eigenvalue weighted by atomic mass is 10.1. The lowest BCUT2D eigenvalue weighted by Crippen LogP contribution is -2.45. The van der Waals surface area contributed by atoms with Crippen molar-refractivity contribution in [2.45, 2.75) is 20.0 Å². The van der Waals surface area contributed by atoms with Crippen LogP contribution in [0, 0.1) is 0 Å². The van der Waals surface area contributed by atoms with Crippen LogP contribution >= 0.6 is 0 Å². The van der Waals surface area contributed by atoms with Crippen LogP contribution in [-0.4, -0.2) is 43.2 Å². The highest BCUT2D eigenvalue weighted by Crippen LogP contribution is 2.33. The number of alkyl halides is 3. The molecule has 1 amide bonds. The summed E-state index contributed by atoms with van der Waals surface area (Å²) < 4.78 is 39.4. The number of fused-ring (bicyclic) bond motifs is 1. The van der Waals surface area contributed by atoms with Gasteiger partial charge in [0.1, 0.15) is 0 Å². The summed E-state index contributed by atoms with van der Waals surface area (Å²) in [4.78, 5) is 14.8. The predicted octanol–water partition coefficient (Wildman–Crippen LogP) is 3.66. The van der Waals surface area contributed by atoms with Gasteiger partial charge in [-0.25, -0.2) is 0 Å². The SMILES string of the molecule is CCN(CC)CCN(C(=O)C(F)(F)F)c1ccc(N)c2ccccc12. The van der Waals surface area contributed by atoms with Gasteiger partial charge >= 0.3 is 12.1 Å². The van der Waals surface area contributed by atoms with Crippen molar-refractivity contribution in [1.82, 2.24) is 4.90 Å². The molecule has 0 aromatic heterocycles. The van der Waals surface area contributed by atoms with E-state index in [0.29, 0.717) is 36.1 Å². The number of hydrogen-bond acceptors (Lipinski definition) is 3. The van der Waals surface area contributed by atoms with Crippen LogP contribution < -0.4 is 10.6 Å². The number of anilines is 2. The first-order valence-corrected chi connectivity index (χ1v) is 8.17. The number of carbonyl (C=O) groups excluding carboxylic acids is 1. The zero-order valence-electron chi connectivity index (χ0n) is 14.3. The molecule has 0 aliphatic heterocycles. The predicted molar refractivity (Wildman–Crippen MR) is 94.6 cm³/mol. The Hall–Kier alpha value is -2.28. The Balaban J connectivity index is 2.49. The van der Waals surface area contributed by atoms with Crippen molar-refractivity contribution in [2.75, 3.05) is 36.8 Å². The van der Waals surface area contributed by atoms with Crippen molar-refractivity contribution >= 4 is 28.1 Å². The Morgan fingerprint density at radius 2 is 1.60 bits per heavy atom. The quantitative estimate of drug-likeness (QED) is 0.807. The molecule has 0 heterocycles. The monoisotopic (exact) mass is 353 g/mol. The summed E-state index contributed by atoms with van der Waals surface area (Å²) in [6.45, 7) is 5.57. The van der Waals surface area contributed by atoms with Crippen LogP contribution in [0.2, 0.25) is 0 Å². The number of benzene rings is 2. The highest BCUT2D eigenvalue weighted by molar-refractivity contribution is 6.08. The van der Waals surface area contributed by atoms with Gasteiger partial charge in [0.2, 0.25) is 0 Å². The summed E-state index contributed by atoms with van der Waals surface area (Å²) in [7, 11) is 0. The molecule has 136 valence electrons. The average Bonchev–Trinajstić information content (AvgIpc) is 2.59. The van der Waals surface area contributed by atoms with E-state index in [1.54, 1.807) is 24.3 Å². The number of nitrogen functional groups attached to an aromatic ring is 1. The lowest BCUT2D eigenvalue weighted by molar-refractivity contribution is -0.170. The smallest absolute Gasteiger partial charge is 0.398 e. The van der Waals surface area contributed by atoms with Gasteiger partial charge in [0.25, 0.3) is 0 Å². The molecule has 7 heteroatoms. The topological polar surface area (TPSA) is 49.6 Å². The van der Waals surface area contributed by atoms with Crippen LogP contribution in [0.15, 0.2) is 36.4 Å². The first kappa shape index (κ1) is 19.1. The molecule has 0 bridgehead atoms. The molecule has 0 fully saturated rings. The van der Waals surface area contributed by atoms with Crippen molar-refractivity contribution < 1.29 is 18.0 Å². The third-order valence-electron chi connectivity index (χ3n) is 4.25. The minimum absolute atomic E-state index is 0.0477. The van der Waals surface area contributed by atoms with Gasteiger partial charge < -0.3 is 15.5 Å². The van der Waals surface area contributed by atoms with Crippen LogP contribution in [0.1, 0.15) is 13.8 Å². The number of hydrogen-bond donors (Lipinski definition) is 1. The van der Waals surface area contributed by atoms with Gasteiger partial charge in [0, 0.05) is 29.5 Å². The van der Waals surface area contributed by atoms with E-state index >= 15 is 0 Å². The van der Waals surface area contributed by atoms with E-state index in [9.17, 15) is 18.0 Å². The summed E-state index contributed by atoms with van der Waals surface area (Å²) in [6.07, 6.45) is -4.94. The standard InChI is InChI=1S/C18H22F3N3O/c1-3-23(4-2)11-12-24(17(25)18(19,20)21)16-10-9-15(22)13-7-5-6-8-14(13)16/h5-10H,3-4,11-12,22H2,1-2H3. The number of nitrogens with two attached hydrogens (primary N) is 1. The lowest BCUT2D eigenvalue weighted by Gasteiger charge is -2.28. The number of nitrogens with zero attached hydrogens (tertiary/aromatic N) is 2. The largest absolute Gasteiger partial charge is 0.471 e. The molecule has 0 saturated heterocycles. The van der Waals surface area contributed by atoms with Gasteiger partial charge in [-0.1, -0.05) is 38.1 Å². The molecular weight excluding hydrogens is 331 g/mol. The fraction of sp³-hybridized carbons (Fsp3) is 0.389. The van der Waals surface area contributed by atoms with Crippen molar-refractivity contribution in [3.8, 4) is 0 Å². The summed E-state index contributed by atoms with van der Waals surface area (Å²) in [5.41, 5.74) is 6.60. The summed E-state index contributed by atoms with van der Waals surface area (Å²) >= 11 is 0. The summed E-state index contributed by atoms with van der Waals surface area (Å²) in [5, 5.41) is 1.16. The molecule has 0 aliphatic carbocycles. The van der Waals surface area contributed by atoms with E-state index in [2.05, 4.69) is 0 Å². The number of halogens is 3. The van der Waals surface area contributed by atoms with Crippen molar-refractivity contribution in [3.05, 3.63) is 36.4 Å². The minimum Gasteiger partial charge on any atom is -0.398 e. The summed E-state index contributed by atoms with van der Waals surface area (Å²) in [6, 6.07) is 9.89. The summed E-state index contributed by atoms with van der Waals surface area (Å²) in [5.74, 6) is -1.87. The molecule has 0 spiro atoms. The highest BCUT2D eigenvalue weighted by Gasteiger charge is 2.43. The fourth-order valence-corrected chi connectivity index (χ4v) is 2.81. The number of rotatable bonds is 6. The molecule has 0 atom stereocenters. The van der Waals surface area contributed by atoms with Gasteiger partial charge in [-0.3, -0.25) is 4.79 Å². The molecule has 2 aromatic rings. The van der Waals surface area contributed by atoms with E-state index in [4.69, 9.17) is 5.73 Å². The van der Waals surface area contributed by atoms with E-state index in [1.807, 2.05) is 18.7 Å².